The third-order valence-electron chi connectivity index (χ3n) is 5.41. The molecule has 0 radical (unpaired) electrons. The van der Waals surface area contributed by atoms with Crippen molar-refractivity contribution < 1.29 is 5.11 Å². The van der Waals surface area contributed by atoms with Crippen LogP contribution in [0.5, 0.6) is 0 Å². The molecule has 0 saturated carbocycles. The van der Waals surface area contributed by atoms with Crippen molar-refractivity contribution in [1.82, 2.24) is 5.32 Å². The Morgan fingerprint density at radius 3 is 2.63 bits per heavy atom. The molecule has 2 nitrogen and oxygen atoms in total. The molecule has 1 aliphatic rings. The van der Waals surface area contributed by atoms with E-state index in [0.29, 0.717) is 6.04 Å². The summed E-state index contributed by atoms with van der Waals surface area (Å²) >= 11 is 6.00. The van der Waals surface area contributed by atoms with Gasteiger partial charge in [0.1, 0.15) is 0 Å². The Kier molecular flexibility index (Phi) is 5.58. The number of rotatable bonds is 5. The molecule has 3 aromatic rings. The molecular formula is C24H24ClNO. The molecule has 3 heteroatoms. The summed E-state index contributed by atoms with van der Waals surface area (Å²) in [6.07, 6.45) is 4.47. The van der Waals surface area contributed by atoms with Crippen molar-refractivity contribution in [1.29, 1.82) is 0 Å². The van der Waals surface area contributed by atoms with Gasteiger partial charge in [-0.2, -0.15) is 0 Å². The van der Waals surface area contributed by atoms with E-state index in [-0.39, 0.29) is 0 Å². The Balaban J connectivity index is 1.41. The van der Waals surface area contributed by atoms with Crippen LogP contribution in [0.15, 0.2) is 72.8 Å². The van der Waals surface area contributed by atoms with Crippen LogP contribution in [0.1, 0.15) is 36.5 Å². The fraction of sp³-hybridized carbons (Fsp3) is 0.250. The van der Waals surface area contributed by atoms with Gasteiger partial charge in [-0.05, 0) is 58.9 Å². The maximum atomic E-state index is 10.8. The lowest BCUT2D eigenvalue weighted by atomic mass is 9.91. The highest BCUT2D eigenvalue weighted by molar-refractivity contribution is 6.30. The molecule has 138 valence electrons. The van der Waals surface area contributed by atoms with Crippen molar-refractivity contribution >= 4 is 27.9 Å². The first-order chi connectivity index (χ1) is 13.2. The van der Waals surface area contributed by atoms with Crippen molar-refractivity contribution in [3.8, 4) is 0 Å². The van der Waals surface area contributed by atoms with E-state index in [1.807, 2.05) is 36.4 Å². The van der Waals surface area contributed by atoms with Gasteiger partial charge in [0.25, 0.3) is 0 Å². The number of hydrogen-bond acceptors (Lipinski definition) is 2. The molecule has 0 saturated heterocycles. The lowest BCUT2D eigenvalue weighted by molar-refractivity contribution is 0.161. The van der Waals surface area contributed by atoms with Gasteiger partial charge in [0.05, 0.1) is 6.10 Å². The van der Waals surface area contributed by atoms with E-state index in [0.717, 1.165) is 41.8 Å². The van der Waals surface area contributed by atoms with Crippen LogP contribution in [0.25, 0.3) is 16.3 Å². The van der Waals surface area contributed by atoms with Gasteiger partial charge in [0, 0.05) is 17.6 Å². The third-order valence-corrected chi connectivity index (χ3v) is 5.66. The van der Waals surface area contributed by atoms with E-state index in [9.17, 15) is 5.11 Å². The fourth-order valence-electron chi connectivity index (χ4n) is 3.93. The van der Waals surface area contributed by atoms with Crippen molar-refractivity contribution in [2.24, 2.45) is 0 Å². The SMILES string of the molecule is OC(CCC1CC(c2ccc(Cl)cc2)=CCN1)c1cccc2ccccc12. The lowest BCUT2D eigenvalue weighted by Crippen LogP contribution is -2.33. The van der Waals surface area contributed by atoms with Crippen LogP contribution < -0.4 is 5.32 Å². The van der Waals surface area contributed by atoms with E-state index >= 15 is 0 Å². The van der Waals surface area contributed by atoms with Crippen molar-refractivity contribution in [2.75, 3.05) is 6.54 Å². The monoisotopic (exact) mass is 377 g/mol. The van der Waals surface area contributed by atoms with Crippen LogP contribution in [-0.4, -0.2) is 17.7 Å². The average molecular weight is 378 g/mol. The van der Waals surface area contributed by atoms with Gasteiger partial charge in [-0.1, -0.05) is 72.3 Å². The highest BCUT2D eigenvalue weighted by atomic mass is 35.5. The molecule has 2 N–H and O–H groups in total. The van der Waals surface area contributed by atoms with Crippen LogP contribution in [0, 0.1) is 0 Å². The maximum Gasteiger partial charge on any atom is 0.0796 e. The molecular weight excluding hydrogens is 354 g/mol. The van der Waals surface area contributed by atoms with Crippen LogP contribution >= 0.6 is 11.6 Å². The summed E-state index contributed by atoms with van der Waals surface area (Å²) in [5.74, 6) is 0. The summed E-state index contributed by atoms with van der Waals surface area (Å²) in [7, 11) is 0. The van der Waals surface area contributed by atoms with E-state index in [1.54, 1.807) is 0 Å². The first-order valence-electron chi connectivity index (χ1n) is 9.55. The molecule has 3 aromatic carbocycles. The number of fused-ring (bicyclic) bond motifs is 1. The Morgan fingerprint density at radius 1 is 1.00 bits per heavy atom. The summed E-state index contributed by atoms with van der Waals surface area (Å²) in [5.41, 5.74) is 3.62. The van der Waals surface area contributed by atoms with Gasteiger partial charge in [-0.25, -0.2) is 0 Å². The summed E-state index contributed by atoms with van der Waals surface area (Å²) in [6.45, 7) is 0.868. The number of halogens is 1. The summed E-state index contributed by atoms with van der Waals surface area (Å²) in [5, 5.41) is 17.5. The number of benzene rings is 3. The van der Waals surface area contributed by atoms with Gasteiger partial charge in [0.2, 0.25) is 0 Å². The normalized spacial score (nSPS) is 18.3. The molecule has 0 bridgehead atoms. The van der Waals surface area contributed by atoms with E-state index in [1.165, 1.54) is 16.5 Å². The highest BCUT2D eigenvalue weighted by Crippen LogP contribution is 2.30. The smallest absolute Gasteiger partial charge is 0.0796 e. The average Bonchev–Trinajstić information content (AvgIpc) is 2.72. The van der Waals surface area contributed by atoms with Crippen molar-refractivity contribution in [2.45, 2.75) is 31.4 Å². The number of hydrogen-bond donors (Lipinski definition) is 2. The minimum atomic E-state index is -0.442. The maximum absolute atomic E-state index is 10.8. The van der Waals surface area contributed by atoms with Crippen LogP contribution in [-0.2, 0) is 0 Å². The Bertz CT molecular complexity index is 943. The standard InChI is InChI=1S/C24H24ClNO/c25-20-10-8-17(9-11-20)19-14-15-26-21(16-19)12-13-24(27)23-7-3-5-18-4-1-2-6-22(18)23/h1-11,14,21,24,26-27H,12-13,15-16H2. The Hall–Kier alpha value is -2.13. The molecule has 27 heavy (non-hydrogen) atoms. The zero-order valence-electron chi connectivity index (χ0n) is 15.2. The molecule has 0 aliphatic carbocycles. The largest absolute Gasteiger partial charge is 0.388 e. The number of nitrogens with one attached hydrogen (secondary N) is 1. The van der Waals surface area contributed by atoms with E-state index in [4.69, 9.17) is 11.6 Å². The molecule has 0 amide bonds. The van der Waals surface area contributed by atoms with Gasteiger partial charge in [-0.3, -0.25) is 0 Å². The topological polar surface area (TPSA) is 32.3 Å². The Morgan fingerprint density at radius 2 is 1.78 bits per heavy atom. The van der Waals surface area contributed by atoms with Gasteiger partial charge < -0.3 is 10.4 Å². The predicted molar refractivity (Wildman–Crippen MR) is 114 cm³/mol. The highest BCUT2D eigenvalue weighted by Gasteiger charge is 2.19. The van der Waals surface area contributed by atoms with Gasteiger partial charge in [-0.15, -0.1) is 0 Å². The predicted octanol–water partition coefficient (Wildman–Crippen LogP) is 5.75. The minimum absolute atomic E-state index is 0.380. The second-order valence-corrected chi connectivity index (χ2v) is 7.64. The second-order valence-electron chi connectivity index (χ2n) is 7.21. The molecule has 0 spiro atoms. The van der Waals surface area contributed by atoms with E-state index < -0.39 is 6.10 Å². The number of aliphatic hydroxyl groups is 1. The minimum Gasteiger partial charge on any atom is -0.388 e. The molecule has 0 aromatic heterocycles. The molecule has 0 fully saturated rings. The first kappa shape index (κ1) is 18.2. The zero-order chi connectivity index (χ0) is 18.6. The molecule has 1 aliphatic heterocycles. The summed E-state index contributed by atoms with van der Waals surface area (Å²) in [6, 6.07) is 22.9. The molecule has 4 rings (SSSR count). The van der Waals surface area contributed by atoms with Crippen LogP contribution in [0.3, 0.4) is 0 Å². The molecule has 2 unspecified atom stereocenters. The fourth-order valence-corrected chi connectivity index (χ4v) is 4.06. The zero-order valence-corrected chi connectivity index (χ0v) is 16.0. The third kappa shape index (κ3) is 4.24. The van der Waals surface area contributed by atoms with Gasteiger partial charge >= 0.3 is 0 Å². The summed E-state index contributed by atoms with van der Waals surface area (Å²) < 4.78 is 0. The van der Waals surface area contributed by atoms with E-state index in [2.05, 4.69) is 41.7 Å². The van der Waals surface area contributed by atoms with Gasteiger partial charge in [0.15, 0.2) is 0 Å². The number of aliphatic hydroxyl groups excluding tert-OH is 1. The first-order valence-corrected chi connectivity index (χ1v) is 9.92. The van der Waals surface area contributed by atoms with Crippen LogP contribution in [0.2, 0.25) is 5.02 Å². The molecule has 2 atom stereocenters. The van der Waals surface area contributed by atoms with Crippen molar-refractivity contribution in [3.63, 3.8) is 0 Å². The second kappa shape index (κ2) is 8.26. The lowest BCUT2D eigenvalue weighted by Gasteiger charge is -2.26. The van der Waals surface area contributed by atoms with Crippen LogP contribution in [0.4, 0.5) is 0 Å². The quantitative estimate of drug-likeness (QED) is 0.593. The summed E-state index contributed by atoms with van der Waals surface area (Å²) in [4.78, 5) is 0. The molecule has 1 heterocycles. The Labute approximate surface area is 165 Å². The van der Waals surface area contributed by atoms with Crippen molar-refractivity contribution in [3.05, 3.63) is 89.0 Å².